The number of carboxylic acid groups (broad SMARTS) is 1. The summed E-state index contributed by atoms with van der Waals surface area (Å²) in [6, 6.07) is 4.49. The maximum atomic E-state index is 12.2. The number of benzene rings is 1. The number of ether oxygens (including phenoxy) is 1. The smallest absolute Gasteiger partial charge is 0.310 e. The van der Waals surface area contributed by atoms with Crippen LogP contribution in [-0.2, 0) is 14.8 Å². The first kappa shape index (κ1) is 17.5. The zero-order valence-electron chi connectivity index (χ0n) is 12.6. The van der Waals surface area contributed by atoms with Gasteiger partial charge in [-0.2, -0.15) is 0 Å². The van der Waals surface area contributed by atoms with Gasteiger partial charge in [0, 0.05) is 6.54 Å². The second-order valence-corrected chi connectivity index (χ2v) is 6.94. The molecule has 1 aromatic carbocycles. The zero-order chi connectivity index (χ0) is 16.3. The fourth-order valence-corrected chi connectivity index (χ4v) is 2.96. The van der Waals surface area contributed by atoms with Gasteiger partial charge in [0.2, 0.25) is 10.0 Å². The van der Waals surface area contributed by atoms with Crippen molar-refractivity contribution >= 4 is 16.0 Å². The number of aliphatic carboxylic acids is 1. The van der Waals surface area contributed by atoms with Crippen LogP contribution in [0.15, 0.2) is 23.1 Å². The lowest BCUT2D eigenvalue weighted by Crippen LogP contribution is -2.40. The number of aryl methyl sites for hydroxylation is 1. The number of sulfonamides is 1. The quantitative estimate of drug-likeness (QED) is 0.800. The highest BCUT2D eigenvalue weighted by atomic mass is 32.2. The summed E-state index contributed by atoms with van der Waals surface area (Å²) in [6.45, 7) is 4.80. The minimum absolute atomic E-state index is 0.0876. The third kappa shape index (κ3) is 3.95. The molecule has 0 radical (unpaired) electrons. The molecule has 7 heteroatoms. The summed E-state index contributed by atoms with van der Waals surface area (Å²) in [4.78, 5) is 11.3. The maximum Gasteiger partial charge on any atom is 0.310 e. The van der Waals surface area contributed by atoms with Crippen LogP contribution in [0, 0.1) is 12.3 Å². The van der Waals surface area contributed by atoms with E-state index < -0.39 is 21.4 Å². The van der Waals surface area contributed by atoms with Crippen LogP contribution in [0.1, 0.15) is 25.8 Å². The van der Waals surface area contributed by atoms with E-state index in [0.717, 1.165) is 0 Å². The Kier molecular flexibility index (Phi) is 5.36. The third-order valence-corrected chi connectivity index (χ3v) is 5.02. The highest BCUT2D eigenvalue weighted by molar-refractivity contribution is 7.89. The molecule has 2 N–H and O–H groups in total. The minimum atomic E-state index is -3.75. The summed E-state index contributed by atoms with van der Waals surface area (Å²) in [5.41, 5.74) is -0.439. The second kappa shape index (κ2) is 6.44. The normalized spacial score (nSPS) is 14.5. The number of nitrogens with one attached hydrogen (secondary N) is 1. The molecular formula is C14H21NO5S. The molecule has 0 amide bonds. The lowest BCUT2D eigenvalue weighted by molar-refractivity contribution is -0.147. The molecule has 0 saturated carbocycles. The molecular weight excluding hydrogens is 294 g/mol. The molecule has 0 fully saturated rings. The van der Waals surface area contributed by atoms with Gasteiger partial charge >= 0.3 is 5.97 Å². The van der Waals surface area contributed by atoms with E-state index in [9.17, 15) is 13.2 Å². The first-order valence-electron chi connectivity index (χ1n) is 6.54. The van der Waals surface area contributed by atoms with Gasteiger partial charge in [0.1, 0.15) is 5.75 Å². The van der Waals surface area contributed by atoms with E-state index in [1.54, 1.807) is 19.9 Å². The van der Waals surface area contributed by atoms with Crippen molar-refractivity contribution < 1.29 is 23.1 Å². The Bertz CT molecular complexity index is 626. The van der Waals surface area contributed by atoms with Gasteiger partial charge in [-0.3, -0.25) is 4.79 Å². The number of rotatable bonds is 7. The molecule has 1 aromatic rings. The number of hydrogen-bond acceptors (Lipinski definition) is 4. The summed E-state index contributed by atoms with van der Waals surface area (Å²) in [5, 5.41) is 9.16. The van der Waals surface area contributed by atoms with Gasteiger partial charge in [-0.25, -0.2) is 13.1 Å². The average molecular weight is 315 g/mol. The molecule has 0 aliphatic carbocycles. The Morgan fingerprint density at radius 3 is 2.48 bits per heavy atom. The van der Waals surface area contributed by atoms with Crippen molar-refractivity contribution in [3.8, 4) is 5.75 Å². The van der Waals surface area contributed by atoms with Crippen molar-refractivity contribution in [1.29, 1.82) is 0 Å². The van der Waals surface area contributed by atoms with Gasteiger partial charge < -0.3 is 9.84 Å². The van der Waals surface area contributed by atoms with Gasteiger partial charge in [0.15, 0.2) is 0 Å². The highest BCUT2D eigenvalue weighted by Crippen LogP contribution is 2.23. The summed E-state index contributed by atoms with van der Waals surface area (Å²) < 4.78 is 31.9. The van der Waals surface area contributed by atoms with E-state index in [1.807, 2.05) is 0 Å². The van der Waals surface area contributed by atoms with Crippen LogP contribution < -0.4 is 9.46 Å². The van der Waals surface area contributed by atoms with Crippen LogP contribution in [0.2, 0.25) is 0 Å². The predicted molar refractivity (Wildman–Crippen MR) is 79.0 cm³/mol. The van der Waals surface area contributed by atoms with E-state index >= 15 is 0 Å². The Balaban J connectivity index is 2.97. The number of hydrogen-bond donors (Lipinski definition) is 2. The van der Waals surface area contributed by atoms with Crippen LogP contribution in [-0.4, -0.2) is 33.1 Å². The standard InChI is InChI=1S/C14H21NO5S/c1-5-14(3,13(16)17)9-15-21(18,19)11-6-7-12(20-4)10(2)8-11/h6-8,15H,5,9H2,1-4H3,(H,16,17). The van der Waals surface area contributed by atoms with E-state index in [2.05, 4.69) is 4.72 Å². The van der Waals surface area contributed by atoms with Crippen LogP contribution in [0.25, 0.3) is 0 Å². The predicted octanol–water partition coefficient (Wildman–Crippen LogP) is 1.78. The SMILES string of the molecule is CCC(C)(CNS(=O)(=O)c1ccc(OC)c(C)c1)C(=O)O. The summed E-state index contributed by atoms with van der Waals surface area (Å²) in [6.07, 6.45) is 0.326. The number of carbonyl (C=O) groups is 1. The van der Waals surface area contributed by atoms with E-state index in [0.29, 0.717) is 17.7 Å². The van der Waals surface area contributed by atoms with Crippen molar-refractivity contribution in [1.82, 2.24) is 4.72 Å². The highest BCUT2D eigenvalue weighted by Gasteiger charge is 2.32. The molecule has 0 saturated heterocycles. The first-order valence-corrected chi connectivity index (χ1v) is 8.02. The van der Waals surface area contributed by atoms with E-state index in [1.165, 1.54) is 26.2 Å². The van der Waals surface area contributed by atoms with Gasteiger partial charge in [-0.05, 0) is 44.0 Å². The molecule has 0 heterocycles. The molecule has 118 valence electrons. The molecule has 0 aliphatic heterocycles. The van der Waals surface area contributed by atoms with Crippen LogP contribution in [0.5, 0.6) is 5.75 Å². The lowest BCUT2D eigenvalue weighted by Gasteiger charge is -2.23. The summed E-state index contributed by atoms with van der Waals surface area (Å²) in [7, 11) is -2.25. The molecule has 0 aromatic heterocycles. The Morgan fingerprint density at radius 2 is 2.05 bits per heavy atom. The molecule has 21 heavy (non-hydrogen) atoms. The fourth-order valence-electron chi connectivity index (χ4n) is 1.71. The molecule has 1 unspecified atom stereocenters. The molecule has 0 aliphatic rings. The Hall–Kier alpha value is -1.60. The average Bonchev–Trinajstić information content (AvgIpc) is 2.44. The summed E-state index contributed by atoms with van der Waals surface area (Å²) in [5.74, 6) is -0.434. The van der Waals surface area contributed by atoms with Crippen molar-refractivity contribution in [2.75, 3.05) is 13.7 Å². The molecule has 0 spiro atoms. The van der Waals surface area contributed by atoms with Crippen LogP contribution in [0.3, 0.4) is 0 Å². The molecule has 1 atom stereocenters. The maximum absolute atomic E-state index is 12.2. The zero-order valence-corrected chi connectivity index (χ0v) is 13.5. The fraction of sp³-hybridized carbons (Fsp3) is 0.500. The van der Waals surface area contributed by atoms with Crippen LogP contribution in [0.4, 0.5) is 0 Å². The van der Waals surface area contributed by atoms with Gasteiger partial charge in [-0.15, -0.1) is 0 Å². The molecule has 1 rings (SSSR count). The van der Waals surface area contributed by atoms with E-state index in [-0.39, 0.29) is 11.4 Å². The molecule has 0 bridgehead atoms. The Morgan fingerprint density at radius 1 is 1.43 bits per heavy atom. The third-order valence-electron chi connectivity index (χ3n) is 3.63. The van der Waals surface area contributed by atoms with Gasteiger partial charge in [0.25, 0.3) is 0 Å². The number of carboxylic acids is 1. The van der Waals surface area contributed by atoms with Crippen LogP contribution >= 0.6 is 0 Å². The first-order chi connectivity index (χ1) is 9.66. The second-order valence-electron chi connectivity index (χ2n) is 5.18. The van der Waals surface area contributed by atoms with Crippen molar-refractivity contribution in [2.45, 2.75) is 32.1 Å². The Labute approximate surface area is 125 Å². The lowest BCUT2D eigenvalue weighted by atomic mass is 9.88. The van der Waals surface area contributed by atoms with Gasteiger partial charge in [0.05, 0.1) is 17.4 Å². The van der Waals surface area contributed by atoms with Crippen molar-refractivity contribution in [3.63, 3.8) is 0 Å². The number of methoxy groups -OCH3 is 1. The van der Waals surface area contributed by atoms with E-state index in [4.69, 9.17) is 9.84 Å². The van der Waals surface area contributed by atoms with Crippen molar-refractivity contribution in [2.24, 2.45) is 5.41 Å². The van der Waals surface area contributed by atoms with Crippen molar-refractivity contribution in [3.05, 3.63) is 23.8 Å². The van der Waals surface area contributed by atoms with Gasteiger partial charge in [-0.1, -0.05) is 6.92 Å². The topological polar surface area (TPSA) is 92.7 Å². The summed E-state index contributed by atoms with van der Waals surface area (Å²) >= 11 is 0. The molecule has 6 nitrogen and oxygen atoms in total. The monoisotopic (exact) mass is 315 g/mol. The largest absolute Gasteiger partial charge is 0.496 e. The minimum Gasteiger partial charge on any atom is -0.496 e.